The average molecular weight is 262 g/mol. The molecule has 1 unspecified atom stereocenters. The van der Waals surface area contributed by atoms with Gasteiger partial charge in [-0.3, -0.25) is 4.79 Å². The Labute approximate surface area is 114 Å². The van der Waals surface area contributed by atoms with Crippen LogP contribution in [0.25, 0.3) is 0 Å². The first kappa shape index (κ1) is 13.9. The normalized spacial score (nSPS) is 21.0. The van der Waals surface area contributed by atoms with E-state index in [2.05, 4.69) is 12.2 Å². The van der Waals surface area contributed by atoms with E-state index in [1.54, 1.807) is 0 Å². The molecular formula is C15H22N2O2. The number of hydrogen-bond acceptors (Lipinski definition) is 3. The Hall–Kier alpha value is -1.55. The van der Waals surface area contributed by atoms with Crippen molar-refractivity contribution < 1.29 is 9.53 Å². The molecule has 1 amide bonds. The van der Waals surface area contributed by atoms with E-state index >= 15 is 0 Å². The van der Waals surface area contributed by atoms with Crippen LogP contribution in [0.5, 0.6) is 5.75 Å². The van der Waals surface area contributed by atoms with Gasteiger partial charge in [-0.05, 0) is 32.9 Å². The molecule has 0 spiro atoms. The molecule has 2 rings (SSSR count). The molecule has 1 aliphatic heterocycles. The van der Waals surface area contributed by atoms with Gasteiger partial charge in [0.2, 0.25) is 0 Å². The van der Waals surface area contributed by atoms with E-state index < -0.39 is 6.10 Å². The number of ether oxygens (including phenoxy) is 1. The number of nitrogens with zero attached hydrogens (tertiary/aromatic N) is 1. The Morgan fingerprint density at radius 3 is 2.74 bits per heavy atom. The van der Waals surface area contributed by atoms with Gasteiger partial charge in [-0.1, -0.05) is 17.7 Å². The van der Waals surface area contributed by atoms with Crippen molar-refractivity contribution in [3.63, 3.8) is 0 Å². The molecule has 19 heavy (non-hydrogen) atoms. The second-order valence-corrected chi connectivity index (χ2v) is 5.16. The van der Waals surface area contributed by atoms with Crippen LogP contribution in [0.1, 0.15) is 19.4 Å². The van der Waals surface area contributed by atoms with E-state index in [4.69, 9.17) is 4.74 Å². The van der Waals surface area contributed by atoms with Crippen LogP contribution in [0, 0.1) is 6.92 Å². The molecule has 2 atom stereocenters. The fourth-order valence-electron chi connectivity index (χ4n) is 2.27. The molecule has 0 radical (unpaired) electrons. The van der Waals surface area contributed by atoms with Crippen LogP contribution in [0.3, 0.4) is 0 Å². The minimum absolute atomic E-state index is 0.0644. The number of hydrogen-bond donors (Lipinski definition) is 1. The highest BCUT2D eigenvalue weighted by atomic mass is 16.5. The topological polar surface area (TPSA) is 41.6 Å². The van der Waals surface area contributed by atoms with Gasteiger partial charge in [0, 0.05) is 25.7 Å². The summed E-state index contributed by atoms with van der Waals surface area (Å²) in [6, 6.07) is 8.01. The summed E-state index contributed by atoms with van der Waals surface area (Å²) >= 11 is 0. The number of piperazine rings is 1. The molecule has 1 heterocycles. The van der Waals surface area contributed by atoms with E-state index in [0.29, 0.717) is 0 Å². The first-order chi connectivity index (χ1) is 9.08. The first-order valence-electron chi connectivity index (χ1n) is 6.82. The van der Waals surface area contributed by atoms with Crippen molar-refractivity contribution in [1.82, 2.24) is 10.2 Å². The second-order valence-electron chi connectivity index (χ2n) is 5.16. The lowest BCUT2D eigenvalue weighted by molar-refractivity contribution is -0.140. The molecule has 0 aromatic heterocycles. The van der Waals surface area contributed by atoms with Crippen molar-refractivity contribution in [3.05, 3.63) is 29.8 Å². The van der Waals surface area contributed by atoms with Crippen molar-refractivity contribution in [3.8, 4) is 5.75 Å². The molecule has 0 aliphatic carbocycles. The van der Waals surface area contributed by atoms with Crippen molar-refractivity contribution >= 4 is 5.91 Å². The average Bonchev–Trinajstić information content (AvgIpc) is 2.41. The maximum Gasteiger partial charge on any atom is 0.263 e. The molecule has 1 aromatic rings. The Bertz CT molecular complexity index is 430. The van der Waals surface area contributed by atoms with Gasteiger partial charge in [0.25, 0.3) is 5.91 Å². The third-order valence-corrected chi connectivity index (χ3v) is 3.47. The van der Waals surface area contributed by atoms with E-state index in [0.717, 1.165) is 25.4 Å². The minimum atomic E-state index is -0.441. The summed E-state index contributed by atoms with van der Waals surface area (Å²) in [5.74, 6) is 0.809. The largest absolute Gasteiger partial charge is 0.481 e. The van der Waals surface area contributed by atoms with Crippen LogP contribution in [-0.4, -0.2) is 42.6 Å². The molecule has 1 fully saturated rings. The fraction of sp³-hybridized carbons (Fsp3) is 0.533. The zero-order valence-electron chi connectivity index (χ0n) is 11.8. The molecular weight excluding hydrogens is 240 g/mol. The molecule has 0 bridgehead atoms. The highest BCUT2D eigenvalue weighted by Gasteiger charge is 2.27. The van der Waals surface area contributed by atoms with Crippen LogP contribution in [0.15, 0.2) is 24.3 Å². The summed E-state index contributed by atoms with van der Waals surface area (Å²) in [6.45, 7) is 8.36. The van der Waals surface area contributed by atoms with Crippen LogP contribution < -0.4 is 10.1 Å². The summed E-state index contributed by atoms with van der Waals surface area (Å²) in [5, 5.41) is 3.28. The highest BCUT2D eigenvalue weighted by Crippen LogP contribution is 2.15. The lowest BCUT2D eigenvalue weighted by Crippen LogP contribution is -2.55. The van der Waals surface area contributed by atoms with Crippen LogP contribution in [-0.2, 0) is 4.79 Å². The van der Waals surface area contributed by atoms with Crippen molar-refractivity contribution in [2.45, 2.75) is 32.9 Å². The Morgan fingerprint density at radius 2 is 2.11 bits per heavy atom. The summed E-state index contributed by atoms with van der Waals surface area (Å²) < 4.78 is 5.72. The van der Waals surface area contributed by atoms with Gasteiger partial charge in [0.15, 0.2) is 6.10 Å². The first-order valence-corrected chi connectivity index (χ1v) is 6.82. The number of carbonyl (C=O) groups excluding carboxylic acids is 1. The van der Waals surface area contributed by atoms with Crippen molar-refractivity contribution in [2.24, 2.45) is 0 Å². The summed E-state index contributed by atoms with van der Waals surface area (Å²) in [6.07, 6.45) is -0.441. The highest BCUT2D eigenvalue weighted by molar-refractivity contribution is 5.81. The van der Waals surface area contributed by atoms with Gasteiger partial charge in [0.05, 0.1) is 0 Å². The molecule has 1 saturated heterocycles. The number of benzene rings is 1. The number of nitrogens with one attached hydrogen (secondary N) is 1. The van der Waals surface area contributed by atoms with Gasteiger partial charge in [-0.15, -0.1) is 0 Å². The quantitative estimate of drug-likeness (QED) is 0.899. The monoisotopic (exact) mass is 262 g/mol. The van der Waals surface area contributed by atoms with E-state index in [1.807, 2.05) is 43.0 Å². The zero-order chi connectivity index (χ0) is 13.8. The van der Waals surface area contributed by atoms with Gasteiger partial charge in [0.1, 0.15) is 5.75 Å². The third-order valence-electron chi connectivity index (χ3n) is 3.47. The second kappa shape index (κ2) is 6.06. The number of rotatable bonds is 3. The lowest BCUT2D eigenvalue weighted by atomic mass is 10.2. The minimum Gasteiger partial charge on any atom is -0.481 e. The maximum atomic E-state index is 12.4. The predicted molar refractivity (Wildman–Crippen MR) is 75.3 cm³/mol. The van der Waals surface area contributed by atoms with E-state index in [-0.39, 0.29) is 11.9 Å². The summed E-state index contributed by atoms with van der Waals surface area (Å²) in [4.78, 5) is 14.3. The molecule has 4 nitrogen and oxygen atoms in total. The summed E-state index contributed by atoms with van der Waals surface area (Å²) in [7, 11) is 0. The van der Waals surface area contributed by atoms with Gasteiger partial charge in [-0.25, -0.2) is 0 Å². The lowest BCUT2D eigenvalue weighted by Gasteiger charge is -2.35. The fourth-order valence-corrected chi connectivity index (χ4v) is 2.27. The van der Waals surface area contributed by atoms with Gasteiger partial charge >= 0.3 is 0 Å². The Kier molecular flexibility index (Phi) is 4.43. The number of amides is 1. The van der Waals surface area contributed by atoms with Gasteiger partial charge in [-0.2, -0.15) is 0 Å². The molecule has 1 aliphatic rings. The Morgan fingerprint density at radius 1 is 1.42 bits per heavy atom. The van der Waals surface area contributed by atoms with Crippen LogP contribution >= 0.6 is 0 Å². The Balaban J connectivity index is 1.96. The third kappa shape index (κ3) is 3.47. The molecule has 4 heteroatoms. The van der Waals surface area contributed by atoms with Crippen molar-refractivity contribution in [2.75, 3.05) is 19.6 Å². The van der Waals surface area contributed by atoms with E-state index in [9.17, 15) is 4.79 Å². The predicted octanol–water partition coefficient (Wildman–Crippen LogP) is 1.58. The molecule has 104 valence electrons. The zero-order valence-corrected chi connectivity index (χ0v) is 11.8. The molecule has 1 aromatic carbocycles. The summed E-state index contributed by atoms with van der Waals surface area (Å²) in [5.41, 5.74) is 1.18. The van der Waals surface area contributed by atoms with E-state index in [1.165, 1.54) is 5.56 Å². The van der Waals surface area contributed by atoms with Crippen LogP contribution in [0.4, 0.5) is 0 Å². The maximum absolute atomic E-state index is 12.4. The smallest absolute Gasteiger partial charge is 0.263 e. The standard InChI is InChI=1S/C15H22N2O2/c1-11-4-6-14(7-5-11)19-13(3)15(18)17-9-8-16-10-12(17)2/h4-7,12-13,16H,8-10H2,1-3H3/t12-,13?/m0/s1. The number of aryl methyl sites for hydroxylation is 1. The van der Waals surface area contributed by atoms with Crippen LogP contribution in [0.2, 0.25) is 0 Å². The molecule has 0 saturated carbocycles. The SMILES string of the molecule is Cc1ccc(OC(C)C(=O)N2CCNC[C@@H]2C)cc1. The van der Waals surface area contributed by atoms with Gasteiger partial charge < -0.3 is 15.0 Å². The molecule has 1 N–H and O–H groups in total. The van der Waals surface area contributed by atoms with Crippen molar-refractivity contribution in [1.29, 1.82) is 0 Å². The number of carbonyl (C=O) groups is 1.